The highest BCUT2D eigenvalue weighted by molar-refractivity contribution is 6.16. The molecular formula is C19H22O7. The lowest BCUT2D eigenvalue weighted by Crippen LogP contribution is -2.47. The van der Waals surface area contributed by atoms with E-state index in [1.54, 1.807) is 38.1 Å². The second kappa shape index (κ2) is 8.60. The van der Waals surface area contributed by atoms with E-state index in [2.05, 4.69) is 0 Å². The quantitative estimate of drug-likeness (QED) is 0.561. The van der Waals surface area contributed by atoms with Gasteiger partial charge in [-0.25, -0.2) is 0 Å². The molecule has 140 valence electrons. The molecular weight excluding hydrogens is 340 g/mol. The van der Waals surface area contributed by atoms with E-state index in [0.29, 0.717) is 11.3 Å². The fourth-order valence-corrected chi connectivity index (χ4v) is 3.22. The first-order chi connectivity index (χ1) is 12.4. The summed E-state index contributed by atoms with van der Waals surface area (Å²) in [4.78, 5) is 49.7. The molecule has 0 spiro atoms. The van der Waals surface area contributed by atoms with Crippen LogP contribution in [0.2, 0.25) is 0 Å². The number of Topliss-reactive ketones (excluding diaryl/α,β-unsaturated/α-hetero) is 2. The first kappa shape index (κ1) is 19.6. The molecule has 1 aliphatic rings. The van der Waals surface area contributed by atoms with Crippen LogP contribution in [0.15, 0.2) is 24.3 Å². The molecule has 1 aromatic rings. The molecule has 2 atom stereocenters. The normalized spacial score (nSPS) is 20.6. The average Bonchev–Trinajstić information content (AvgIpc) is 2.61. The smallest absolute Gasteiger partial charge is 0.317 e. The van der Waals surface area contributed by atoms with Gasteiger partial charge in [0.05, 0.1) is 26.7 Å². The zero-order chi connectivity index (χ0) is 19.3. The van der Waals surface area contributed by atoms with Crippen LogP contribution >= 0.6 is 0 Å². The number of ether oxygens (including phenoxy) is 3. The number of ketones is 2. The van der Waals surface area contributed by atoms with Crippen molar-refractivity contribution in [3.8, 4) is 5.75 Å². The lowest BCUT2D eigenvalue weighted by molar-refractivity contribution is -0.161. The number of carbonyl (C=O) groups excluding carboxylic acids is 4. The van der Waals surface area contributed by atoms with Gasteiger partial charge in [-0.1, -0.05) is 12.1 Å². The van der Waals surface area contributed by atoms with Crippen molar-refractivity contribution in [2.45, 2.75) is 26.2 Å². The summed E-state index contributed by atoms with van der Waals surface area (Å²) in [5, 5.41) is 0. The lowest BCUT2D eigenvalue weighted by atomic mass is 9.67. The summed E-state index contributed by atoms with van der Waals surface area (Å²) in [5.41, 5.74) is 0.503. The molecule has 7 heteroatoms. The Kier molecular flexibility index (Phi) is 6.49. The third-order valence-electron chi connectivity index (χ3n) is 4.34. The summed E-state index contributed by atoms with van der Waals surface area (Å²) in [6, 6.07) is 6.55. The average molecular weight is 362 g/mol. The number of hydrogen-bond acceptors (Lipinski definition) is 7. The second-order valence-corrected chi connectivity index (χ2v) is 5.87. The van der Waals surface area contributed by atoms with Gasteiger partial charge in [-0.15, -0.1) is 0 Å². The van der Waals surface area contributed by atoms with Gasteiger partial charge < -0.3 is 14.2 Å². The molecule has 0 heterocycles. The van der Waals surface area contributed by atoms with E-state index < -0.39 is 47.7 Å². The van der Waals surface area contributed by atoms with Crippen LogP contribution in [0.3, 0.4) is 0 Å². The summed E-state index contributed by atoms with van der Waals surface area (Å²) in [6.07, 6.45) is -0.486. The highest BCUT2D eigenvalue weighted by Gasteiger charge is 2.52. The van der Waals surface area contributed by atoms with Crippen molar-refractivity contribution in [1.29, 1.82) is 0 Å². The molecule has 2 rings (SSSR count). The van der Waals surface area contributed by atoms with Crippen LogP contribution < -0.4 is 4.74 Å². The predicted octanol–water partition coefficient (Wildman–Crippen LogP) is 1.68. The Bertz CT molecular complexity index is 656. The molecule has 0 unspecified atom stereocenters. The minimum absolute atomic E-state index is 0.0932. The van der Waals surface area contributed by atoms with Crippen LogP contribution in [-0.4, -0.2) is 43.8 Å². The SMILES string of the molecule is CCOC(=O)[C@H]1C(=O)CC(=O)[C@H](C(=O)OCC)C1c1ccc(OC)cc1. The van der Waals surface area contributed by atoms with Crippen molar-refractivity contribution in [3.05, 3.63) is 29.8 Å². The van der Waals surface area contributed by atoms with Gasteiger partial charge in [-0.2, -0.15) is 0 Å². The minimum atomic E-state index is -1.23. The first-order valence-electron chi connectivity index (χ1n) is 8.47. The van der Waals surface area contributed by atoms with E-state index in [4.69, 9.17) is 14.2 Å². The molecule has 1 saturated carbocycles. The molecule has 1 aromatic carbocycles. The van der Waals surface area contributed by atoms with Crippen LogP contribution in [0.4, 0.5) is 0 Å². The van der Waals surface area contributed by atoms with Gasteiger partial charge >= 0.3 is 11.9 Å². The van der Waals surface area contributed by atoms with Crippen molar-refractivity contribution in [3.63, 3.8) is 0 Å². The summed E-state index contributed by atoms with van der Waals surface area (Å²) in [6.45, 7) is 3.44. The molecule has 1 aliphatic carbocycles. The molecule has 0 bridgehead atoms. The predicted molar refractivity (Wildman–Crippen MR) is 90.6 cm³/mol. The zero-order valence-corrected chi connectivity index (χ0v) is 15.0. The number of hydrogen-bond donors (Lipinski definition) is 0. The highest BCUT2D eigenvalue weighted by Crippen LogP contribution is 2.40. The summed E-state index contributed by atoms with van der Waals surface area (Å²) >= 11 is 0. The third kappa shape index (κ3) is 3.92. The molecule has 0 N–H and O–H groups in total. The van der Waals surface area contributed by atoms with Crippen molar-refractivity contribution >= 4 is 23.5 Å². The van der Waals surface area contributed by atoms with E-state index in [-0.39, 0.29) is 13.2 Å². The minimum Gasteiger partial charge on any atom is -0.497 e. The van der Waals surface area contributed by atoms with Crippen molar-refractivity contribution in [1.82, 2.24) is 0 Å². The Labute approximate surface area is 151 Å². The molecule has 0 radical (unpaired) electrons. The van der Waals surface area contributed by atoms with E-state index in [1.165, 1.54) is 7.11 Å². The van der Waals surface area contributed by atoms with Crippen LogP contribution in [0.25, 0.3) is 0 Å². The topological polar surface area (TPSA) is 96.0 Å². The zero-order valence-electron chi connectivity index (χ0n) is 15.0. The van der Waals surface area contributed by atoms with E-state index in [0.717, 1.165) is 0 Å². The van der Waals surface area contributed by atoms with Crippen LogP contribution in [0.5, 0.6) is 5.75 Å². The van der Waals surface area contributed by atoms with Crippen molar-refractivity contribution in [2.75, 3.05) is 20.3 Å². The lowest BCUT2D eigenvalue weighted by Gasteiger charge is -2.33. The number of methoxy groups -OCH3 is 1. The van der Waals surface area contributed by atoms with Gasteiger partial charge in [-0.05, 0) is 31.5 Å². The third-order valence-corrected chi connectivity index (χ3v) is 4.34. The highest BCUT2D eigenvalue weighted by atomic mass is 16.5. The Morgan fingerprint density at radius 2 is 1.38 bits per heavy atom. The van der Waals surface area contributed by atoms with E-state index >= 15 is 0 Å². The number of esters is 2. The standard InChI is InChI=1S/C19H22O7/c1-4-25-18(22)16-13(20)10-14(21)17(19(23)26-5-2)15(16)11-6-8-12(24-3)9-7-11/h6-9,15-17H,4-5,10H2,1-3H3/t16-,17-/m0/s1. The number of carbonyl (C=O) groups is 4. The number of benzene rings is 1. The first-order valence-corrected chi connectivity index (χ1v) is 8.47. The van der Waals surface area contributed by atoms with Crippen molar-refractivity contribution < 1.29 is 33.4 Å². The van der Waals surface area contributed by atoms with Crippen LogP contribution in [0, 0.1) is 11.8 Å². The molecule has 0 aliphatic heterocycles. The Morgan fingerprint density at radius 3 is 1.77 bits per heavy atom. The largest absolute Gasteiger partial charge is 0.497 e. The second-order valence-electron chi connectivity index (χ2n) is 5.87. The van der Waals surface area contributed by atoms with Gasteiger partial charge in [0.15, 0.2) is 11.6 Å². The van der Waals surface area contributed by atoms with Gasteiger partial charge in [0.1, 0.15) is 17.6 Å². The Hall–Kier alpha value is -2.70. The maximum atomic E-state index is 12.5. The summed E-state index contributed by atoms with van der Waals surface area (Å²) in [7, 11) is 1.51. The molecule has 1 fully saturated rings. The van der Waals surface area contributed by atoms with Gasteiger partial charge in [0.2, 0.25) is 0 Å². The van der Waals surface area contributed by atoms with Crippen LogP contribution in [0.1, 0.15) is 31.7 Å². The van der Waals surface area contributed by atoms with Gasteiger partial charge in [0.25, 0.3) is 0 Å². The van der Waals surface area contributed by atoms with E-state index in [1.807, 2.05) is 0 Å². The maximum Gasteiger partial charge on any atom is 0.317 e. The van der Waals surface area contributed by atoms with E-state index in [9.17, 15) is 19.2 Å². The number of rotatable bonds is 6. The molecule has 7 nitrogen and oxygen atoms in total. The molecule has 0 aromatic heterocycles. The Morgan fingerprint density at radius 1 is 0.923 bits per heavy atom. The fourth-order valence-electron chi connectivity index (χ4n) is 3.22. The Balaban J connectivity index is 2.53. The van der Waals surface area contributed by atoms with Crippen molar-refractivity contribution in [2.24, 2.45) is 11.8 Å². The summed E-state index contributed by atoms with van der Waals surface area (Å²) < 4.78 is 15.2. The van der Waals surface area contributed by atoms with Gasteiger partial charge in [0, 0.05) is 5.92 Å². The molecule has 26 heavy (non-hydrogen) atoms. The van der Waals surface area contributed by atoms with Gasteiger partial charge in [-0.3, -0.25) is 19.2 Å². The monoisotopic (exact) mass is 362 g/mol. The summed E-state index contributed by atoms with van der Waals surface area (Å²) in [5.74, 6) is -5.41. The van der Waals surface area contributed by atoms with Crippen LogP contribution in [-0.2, 0) is 28.7 Å². The maximum absolute atomic E-state index is 12.5. The molecule has 0 amide bonds. The molecule has 0 saturated heterocycles. The fraction of sp³-hybridized carbons (Fsp3) is 0.474.